The summed E-state index contributed by atoms with van der Waals surface area (Å²) in [7, 11) is 0. The van der Waals surface area contributed by atoms with Gasteiger partial charge in [0.25, 0.3) is 0 Å². The highest BCUT2D eigenvalue weighted by Crippen LogP contribution is 2.66. The third-order valence-corrected chi connectivity index (χ3v) is 9.59. The summed E-state index contributed by atoms with van der Waals surface area (Å²) in [6, 6.07) is 18.4. The van der Waals surface area contributed by atoms with E-state index in [1.54, 1.807) is 24.3 Å². The fourth-order valence-corrected chi connectivity index (χ4v) is 8.13. The molecule has 4 nitrogen and oxygen atoms in total. The second kappa shape index (κ2) is 9.60. The number of hydrogen-bond donors (Lipinski definition) is 0. The van der Waals surface area contributed by atoms with Gasteiger partial charge >= 0.3 is 11.9 Å². The molecule has 0 heterocycles. The molecule has 8 atom stereocenters. The highest BCUT2D eigenvalue weighted by molar-refractivity contribution is 5.90. The molecule has 0 aromatic heterocycles. The Kier molecular flexibility index (Phi) is 6.75. The Labute approximate surface area is 222 Å². The zero-order valence-electron chi connectivity index (χ0n) is 23.1. The number of benzene rings is 2. The molecule has 2 bridgehead atoms. The third-order valence-electron chi connectivity index (χ3n) is 9.59. The summed E-state index contributed by atoms with van der Waals surface area (Å²) in [5.41, 5.74) is 1.41. The minimum absolute atomic E-state index is 0.167. The molecule has 0 aliphatic heterocycles. The van der Waals surface area contributed by atoms with Gasteiger partial charge in [-0.1, -0.05) is 77.9 Å². The predicted octanol–water partition coefficient (Wildman–Crippen LogP) is 7.44. The van der Waals surface area contributed by atoms with E-state index in [-0.39, 0.29) is 34.6 Å². The van der Waals surface area contributed by atoms with E-state index in [2.05, 4.69) is 41.5 Å². The Morgan fingerprint density at radius 1 is 0.622 bits per heavy atom. The Morgan fingerprint density at radius 2 is 0.973 bits per heavy atom. The van der Waals surface area contributed by atoms with E-state index in [0.717, 1.165) is 6.42 Å². The number of rotatable bonds is 4. The fraction of sp³-hybridized carbons (Fsp3) is 0.576. The van der Waals surface area contributed by atoms with Gasteiger partial charge in [0.05, 0.1) is 11.1 Å². The maximum atomic E-state index is 13.3. The van der Waals surface area contributed by atoms with Gasteiger partial charge < -0.3 is 9.47 Å². The SMILES string of the molecule is CC(C)(C)C1CCC(C(C)(C)C)C2C3CC(C(OC(=O)c4ccccc4)C3OC(=O)c3ccccc3)C21. The molecule has 0 N–H and O–H groups in total. The van der Waals surface area contributed by atoms with E-state index >= 15 is 0 Å². The minimum Gasteiger partial charge on any atom is -0.455 e. The molecular formula is C33H42O4. The van der Waals surface area contributed by atoms with Gasteiger partial charge in [-0.2, -0.15) is 0 Å². The van der Waals surface area contributed by atoms with Crippen molar-refractivity contribution >= 4 is 11.9 Å². The maximum Gasteiger partial charge on any atom is 0.338 e. The van der Waals surface area contributed by atoms with Crippen molar-refractivity contribution in [3.8, 4) is 0 Å². The van der Waals surface area contributed by atoms with Gasteiger partial charge in [-0.15, -0.1) is 0 Å². The minimum atomic E-state index is -0.421. The normalized spacial score (nSPS) is 33.0. The van der Waals surface area contributed by atoms with E-state index in [0.29, 0.717) is 34.8 Å². The van der Waals surface area contributed by atoms with Crippen molar-refractivity contribution in [2.75, 3.05) is 0 Å². The lowest BCUT2D eigenvalue weighted by atomic mass is 9.51. The van der Waals surface area contributed by atoms with Gasteiger partial charge in [-0.3, -0.25) is 0 Å². The van der Waals surface area contributed by atoms with Crippen LogP contribution in [0.15, 0.2) is 60.7 Å². The zero-order valence-corrected chi connectivity index (χ0v) is 23.1. The number of ether oxygens (including phenoxy) is 2. The van der Waals surface area contributed by atoms with E-state index in [4.69, 9.17) is 9.47 Å². The first-order valence-corrected chi connectivity index (χ1v) is 14.0. The highest BCUT2D eigenvalue weighted by Gasteiger charge is 2.67. The molecule has 4 heteroatoms. The molecular weight excluding hydrogens is 460 g/mol. The van der Waals surface area contributed by atoms with Gasteiger partial charge in [0, 0.05) is 11.8 Å². The summed E-state index contributed by atoms with van der Waals surface area (Å²) in [5, 5.41) is 0. The molecule has 0 spiro atoms. The largest absolute Gasteiger partial charge is 0.455 e. The second-order valence-electron chi connectivity index (χ2n) is 13.7. The molecule has 0 radical (unpaired) electrons. The molecule has 5 rings (SSSR count). The monoisotopic (exact) mass is 502 g/mol. The first kappa shape index (κ1) is 26.0. The van der Waals surface area contributed by atoms with Gasteiger partial charge in [-0.05, 0) is 78.0 Å². The molecule has 3 aliphatic rings. The Morgan fingerprint density at radius 3 is 1.30 bits per heavy atom. The van der Waals surface area contributed by atoms with Crippen LogP contribution in [0, 0.1) is 46.3 Å². The lowest BCUT2D eigenvalue weighted by Gasteiger charge is -2.55. The molecule has 3 aliphatic carbocycles. The standard InChI is InChI=1S/C33H42O4/c1-32(2,3)24-17-18-25(33(4,5)6)27-23-19-22(26(24)27)28(36-30(34)20-13-9-7-10-14-20)29(23)37-31(35)21-15-11-8-12-16-21/h7-16,22-29H,17-19H2,1-6H3. The number of carbonyl (C=O) groups is 2. The van der Waals surface area contributed by atoms with Crippen molar-refractivity contribution in [3.05, 3.63) is 71.8 Å². The Bertz CT molecular complexity index is 1020. The van der Waals surface area contributed by atoms with Crippen molar-refractivity contribution in [2.45, 2.75) is 73.0 Å². The summed E-state index contributed by atoms with van der Waals surface area (Å²) in [6.07, 6.45) is 2.51. The van der Waals surface area contributed by atoms with Crippen LogP contribution < -0.4 is 0 Å². The summed E-state index contributed by atoms with van der Waals surface area (Å²) in [5.74, 6) is 1.77. The summed E-state index contributed by atoms with van der Waals surface area (Å²) in [6.45, 7) is 14.1. The number of esters is 2. The molecule has 2 aromatic rings. The summed E-state index contributed by atoms with van der Waals surface area (Å²) < 4.78 is 12.6. The molecule has 0 saturated heterocycles. The van der Waals surface area contributed by atoms with E-state index < -0.39 is 12.2 Å². The van der Waals surface area contributed by atoms with Gasteiger partial charge in [-0.25, -0.2) is 9.59 Å². The maximum absolute atomic E-state index is 13.3. The van der Waals surface area contributed by atoms with Gasteiger partial charge in [0.1, 0.15) is 12.2 Å². The predicted molar refractivity (Wildman–Crippen MR) is 145 cm³/mol. The quantitative estimate of drug-likeness (QED) is 0.408. The van der Waals surface area contributed by atoms with Crippen LogP contribution in [0.5, 0.6) is 0 Å². The number of carbonyl (C=O) groups excluding carboxylic acids is 2. The molecule has 8 unspecified atom stereocenters. The second-order valence-corrected chi connectivity index (χ2v) is 13.7. The van der Waals surface area contributed by atoms with Crippen LogP contribution in [-0.4, -0.2) is 24.1 Å². The Balaban J connectivity index is 1.51. The van der Waals surface area contributed by atoms with Crippen molar-refractivity contribution in [2.24, 2.45) is 46.3 Å². The van der Waals surface area contributed by atoms with E-state index in [9.17, 15) is 9.59 Å². The number of hydrogen-bond acceptors (Lipinski definition) is 4. The molecule has 37 heavy (non-hydrogen) atoms. The Hall–Kier alpha value is -2.62. The number of fused-ring (bicyclic) bond motifs is 5. The summed E-state index contributed by atoms with van der Waals surface area (Å²) >= 11 is 0. The molecule has 0 amide bonds. The van der Waals surface area contributed by atoms with E-state index in [1.807, 2.05) is 36.4 Å². The average molecular weight is 503 g/mol. The van der Waals surface area contributed by atoms with Crippen LogP contribution >= 0.6 is 0 Å². The lowest BCUT2D eigenvalue weighted by molar-refractivity contribution is -0.133. The van der Waals surface area contributed by atoms with Crippen molar-refractivity contribution < 1.29 is 19.1 Å². The van der Waals surface area contributed by atoms with E-state index in [1.165, 1.54) is 12.8 Å². The van der Waals surface area contributed by atoms with Crippen LogP contribution in [0.3, 0.4) is 0 Å². The molecule has 198 valence electrons. The topological polar surface area (TPSA) is 52.6 Å². The van der Waals surface area contributed by atoms with Crippen molar-refractivity contribution in [1.82, 2.24) is 0 Å². The first-order valence-electron chi connectivity index (χ1n) is 14.0. The van der Waals surface area contributed by atoms with Gasteiger partial charge in [0.15, 0.2) is 0 Å². The molecule has 3 fully saturated rings. The zero-order chi connectivity index (χ0) is 26.5. The highest BCUT2D eigenvalue weighted by atomic mass is 16.6. The lowest BCUT2D eigenvalue weighted by Crippen LogP contribution is -2.55. The average Bonchev–Trinajstić information content (AvgIpc) is 3.40. The summed E-state index contributed by atoms with van der Waals surface area (Å²) in [4.78, 5) is 26.6. The van der Waals surface area contributed by atoms with Crippen LogP contribution in [0.4, 0.5) is 0 Å². The molecule has 3 saturated carbocycles. The smallest absolute Gasteiger partial charge is 0.338 e. The first-order chi connectivity index (χ1) is 17.5. The fourth-order valence-electron chi connectivity index (χ4n) is 8.13. The van der Waals surface area contributed by atoms with Crippen molar-refractivity contribution in [3.63, 3.8) is 0 Å². The van der Waals surface area contributed by atoms with Crippen molar-refractivity contribution in [1.29, 1.82) is 0 Å². The van der Waals surface area contributed by atoms with Crippen LogP contribution in [-0.2, 0) is 9.47 Å². The molecule has 2 aromatic carbocycles. The van der Waals surface area contributed by atoms with Crippen LogP contribution in [0.1, 0.15) is 81.5 Å². The van der Waals surface area contributed by atoms with Crippen LogP contribution in [0.25, 0.3) is 0 Å². The van der Waals surface area contributed by atoms with Crippen LogP contribution in [0.2, 0.25) is 0 Å². The third kappa shape index (κ3) is 4.84. The van der Waals surface area contributed by atoms with Gasteiger partial charge in [0.2, 0.25) is 0 Å².